The van der Waals surface area contributed by atoms with Crippen LogP contribution in [0, 0.1) is 5.92 Å². The van der Waals surface area contributed by atoms with Crippen LogP contribution < -0.4 is 20.9 Å². The molecular weight excluding hydrogens is 510 g/mol. The lowest BCUT2D eigenvalue weighted by Gasteiger charge is -2.43. The fraction of sp³-hybridized carbons (Fsp3) is 0.385. The Hall–Kier alpha value is -3.61. The topological polar surface area (TPSA) is 151 Å². The first kappa shape index (κ1) is 26.0. The van der Waals surface area contributed by atoms with Gasteiger partial charge in [-0.2, -0.15) is 10.6 Å². The number of imide groups is 1. The average Bonchev–Trinajstić information content (AvgIpc) is 3.38. The summed E-state index contributed by atoms with van der Waals surface area (Å²) in [6.45, 7) is 4.60. The van der Waals surface area contributed by atoms with Crippen LogP contribution in [0.4, 0.5) is 10.5 Å². The third-order valence-corrected chi connectivity index (χ3v) is 9.11. The lowest BCUT2D eigenvalue weighted by molar-refractivity contribution is -0.133. The number of amides is 5. The van der Waals surface area contributed by atoms with Gasteiger partial charge in [-0.05, 0) is 29.8 Å². The summed E-state index contributed by atoms with van der Waals surface area (Å²) < 4.78 is 20.8. The Bertz CT molecular complexity index is 1300. The number of hydrogen-bond donors (Lipinski definition) is 5. The zero-order chi connectivity index (χ0) is 27.2. The zero-order valence-corrected chi connectivity index (χ0v) is 22.0. The van der Waals surface area contributed by atoms with Gasteiger partial charge in [0.1, 0.15) is 0 Å². The Morgan fingerprint density at radius 2 is 1.84 bits per heavy atom. The first-order valence-corrected chi connectivity index (χ1v) is 14.1. The van der Waals surface area contributed by atoms with Crippen molar-refractivity contribution in [2.45, 2.75) is 36.9 Å². The number of para-hydroxylation sites is 1. The van der Waals surface area contributed by atoms with Gasteiger partial charge in [0.15, 0.2) is 5.54 Å². The van der Waals surface area contributed by atoms with Crippen molar-refractivity contribution in [3.8, 4) is 0 Å². The smallest absolute Gasteiger partial charge is 0.322 e. The second-order valence-electron chi connectivity index (χ2n) is 10.2. The molecule has 202 valence electrons. The molecule has 2 atom stereocenters. The Kier molecular flexibility index (Phi) is 6.58. The third-order valence-electron chi connectivity index (χ3n) is 7.31. The lowest BCUT2D eigenvalue weighted by Crippen LogP contribution is -2.62. The van der Waals surface area contributed by atoms with Crippen LogP contribution in [-0.4, -0.2) is 74.7 Å². The largest absolute Gasteiger partial charge is 0.364 e. The summed E-state index contributed by atoms with van der Waals surface area (Å²) in [4.78, 5) is 54.6. The van der Waals surface area contributed by atoms with Crippen LogP contribution in [0.25, 0.3) is 0 Å². The molecule has 11 nitrogen and oxygen atoms in total. The third kappa shape index (κ3) is 4.59. The van der Waals surface area contributed by atoms with Gasteiger partial charge >= 0.3 is 6.03 Å². The van der Waals surface area contributed by atoms with Crippen LogP contribution in [0.1, 0.15) is 29.8 Å². The number of rotatable bonds is 5. The number of likely N-dealkylation sites (tertiary alicyclic amines) is 1. The second kappa shape index (κ2) is 9.61. The van der Waals surface area contributed by atoms with Crippen molar-refractivity contribution in [2.24, 2.45) is 5.92 Å². The molecule has 3 aliphatic heterocycles. The number of urea groups is 1. The van der Waals surface area contributed by atoms with Gasteiger partial charge in [-0.1, -0.05) is 38.1 Å². The Morgan fingerprint density at radius 3 is 2.50 bits per heavy atom. The van der Waals surface area contributed by atoms with Crippen LogP contribution >= 0.6 is 10.6 Å². The minimum atomic E-state index is -2.80. The summed E-state index contributed by atoms with van der Waals surface area (Å²) in [6, 6.07) is 12.8. The van der Waals surface area contributed by atoms with Gasteiger partial charge in [0.05, 0.1) is 28.9 Å². The number of hydrogen-bond acceptors (Lipinski definition) is 7. The van der Waals surface area contributed by atoms with E-state index in [0.29, 0.717) is 23.5 Å². The lowest BCUT2D eigenvalue weighted by atomic mass is 9.93. The molecule has 0 aromatic heterocycles. The highest BCUT2D eigenvalue weighted by Crippen LogP contribution is 2.55. The SMILES string of the molecule is CC(C)C(=O)N1CC(NC(=O)c2ccc(CN3CCS(O)(O)c4ccccc43)cc2)C2(C1)NC(=O)NC2=O. The number of anilines is 1. The van der Waals surface area contributed by atoms with E-state index in [1.165, 1.54) is 4.90 Å². The molecule has 2 aromatic carbocycles. The summed E-state index contributed by atoms with van der Waals surface area (Å²) in [7, 11) is -2.80. The molecule has 0 saturated carbocycles. The number of carbonyl (C=O) groups is 4. The molecular formula is C26H31N5O6S. The van der Waals surface area contributed by atoms with Crippen LogP contribution in [0.3, 0.4) is 0 Å². The second-order valence-corrected chi connectivity index (χ2v) is 12.4. The standard InChI is InChI=1S/C26H31N5O6S/c1-16(2)23(33)31-14-21(26(15-31)24(34)28-25(35)29-26)27-22(32)18-9-7-17(8-10-18)13-30-11-12-38(36,37)20-6-4-3-5-19(20)30/h3-10,16,21,36-37H,11-15H2,1-2H3,(H,27,32)(H2,28,29,34,35). The van der Waals surface area contributed by atoms with E-state index in [0.717, 1.165) is 11.3 Å². The molecule has 0 radical (unpaired) electrons. The van der Waals surface area contributed by atoms with Gasteiger partial charge in [-0.3, -0.25) is 28.8 Å². The number of fused-ring (bicyclic) bond motifs is 1. The molecule has 3 aliphatic rings. The monoisotopic (exact) mass is 541 g/mol. The van der Waals surface area contributed by atoms with Crippen molar-refractivity contribution in [1.29, 1.82) is 0 Å². The number of nitrogens with one attached hydrogen (secondary N) is 3. The summed E-state index contributed by atoms with van der Waals surface area (Å²) >= 11 is 0. The van der Waals surface area contributed by atoms with E-state index in [-0.39, 0.29) is 30.7 Å². The molecule has 2 fully saturated rings. The molecule has 5 rings (SSSR count). The molecule has 12 heteroatoms. The molecule has 1 spiro atoms. The van der Waals surface area contributed by atoms with E-state index >= 15 is 0 Å². The maximum absolute atomic E-state index is 13.2. The highest BCUT2D eigenvalue weighted by Gasteiger charge is 2.58. The molecule has 2 saturated heterocycles. The van der Waals surface area contributed by atoms with E-state index in [4.69, 9.17) is 0 Å². The van der Waals surface area contributed by atoms with E-state index in [9.17, 15) is 28.3 Å². The van der Waals surface area contributed by atoms with Crippen molar-refractivity contribution in [1.82, 2.24) is 20.9 Å². The molecule has 2 unspecified atom stereocenters. The molecule has 0 bridgehead atoms. The molecule has 2 aromatic rings. The van der Waals surface area contributed by atoms with Crippen LogP contribution in [0.2, 0.25) is 0 Å². The summed E-state index contributed by atoms with van der Waals surface area (Å²) in [6.07, 6.45) is 0. The average molecular weight is 542 g/mol. The summed E-state index contributed by atoms with van der Waals surface area (Å²) in [5, 5.41) is 7.71. The minimum absolute atomic E-state index is 0.0204. The maximum Gasteiger partial charge on any atom is 0.322 e. The first-order chi connectivity index (χ1) is 18.0. The Balaban J connectivity index is 1.30. The number of carbonyl (C=O) groups excluding carboxylic acids is 4. The quantitative estimate of drug-likeness (QED) is 0.363. The Labute approximate surface area is 221 Å². The van der Waals surface area contributed by atoms with Gasteiger partial charge in [-0.15, -0.1) is 0 Å². The summed E-state index contributed by atoms with van der Waals surface area (Å²) in [5.41, 5.74) is 0.665. The van der Waals surface area contributed by atoms with E-state index in [2.05, 4.69) is 20.9 Å². The minimum Gasteiger partial charge on any atom is -0.364 e. The molecule has 38 heavy (non-hydrogen) atoms. The fourth-order valence-corrected chi connectivity index (χ4v) is 6.79. The highest BCUT2D eigenvalue weighted by molar-refractivity contribution is 8.24. The molecule has 3 heterocycles. The maximum atomic E-state index is 13.2. The zero-order valence-electron chi connectivity index (χ0n) is 21.1. The van der Waals surface area contributed by atoms with Gasteiger partial charge in [0.2, 0.25) is 5.91 Å². The van der Waals surface area contributed by atoms with Crippen molar-refractivity contribution in [2.75, 3.05) is 30.3 Å². The van der Waals surface area contributed by atoms with E-state index < -0.39 is 40.0 Å². The van der Waals surface area contributed by atoms with E-state index in [1.807, 2.05) is 24.3 Å². The molecule has 0 aliphatic carbocycles. The number of benzene rings is 2. The van der Waals surface area contributed by atoms with Gasteiger partial charge in [0, 0.05) is 31.1 Å². The van der Waals surface area contributed by atoms with Crippen molar-refractivity contribution < 1.29 is 28.3 Å². The van der Waals surface area contributed by atoms with Crippen molar-refractivity contribution >= 4 is 40.0 Å². The van der Waals surface area contributed by atoms with Crippen molar-refractivity contribution in [3.63, 3.8) is 0 Å². The molecule has 5 N–H and O–H groups in total. The highest BCUT2D eigenvalue weighted by atomic mass is 32.3. The van der Waals surface area contributed by atoms with Crippen LogP contribution in [-0.2, 0) is 16.1 Å². The van der Waals surface area contributed by atoms with Crippen LogP contribution in [0.5, 0.6) is 0 Å². The summed E-state index contributed by atoms with van der Waals surface area (Å²) in [5.74, 6) is -1.20. The number of nitrogens with zero attached hydrogens (tertiary/aromatic N) is 2. The van der Waals surface area contributed by atoms with Gasteiger partial charge in [0.25, 0.3) is 11.8 Å². The fourth-order valence-electron chi connectivity index (χ4n) is 5.27. The molecule has 5 amide bonds. The Morgan fingerprint density at radius 1 is 1.13 bits per heavy atom. The predicted molar refractivity (Wildman–Crippen MR) is 142 cm³/mol. The normalized spacial score (nSPS) is 24.7. The van der Waals surface area contributed by atoms with Gasteiger partial charge in [-0.25, -0.2) is 4.79 Å². The van der Waals surface area contributed by atoms with Crippen LogP contribution in [0.15, 0.2) is 53.4 Å². The predicted octanol–water partition coefficient (Wildman–Crippen LogP) is 1.99. The first-order valence-electron chi connectivity index (χ1n) is 12.4. The van der Waals surface area contributed by atoms with Crippen molar-refractivity contribution in [3.05, 3.63) is 59.7 Å². The van der Waals surface area contributed by atoms with E-state index in [1.54, 1.807) is 38.1 Å². The van der Waals surface area contributed by atoms with Gasteiger partial charge < -0.3 is 20.4 Å².